The van der Waals surface area contributed by atoms with E-state index in [2.05, 4.69) is 30.9 Å². The molecule has 0 radical (unpaired) electrons. The summed E-state index contributed by atoms with van der Waals surface area (Å²) in [6.45, 7) is 3.64. The molecule has 0 saturated carbocycles. The Morgan fingerprint density at radius 3 is 2.90 bits per heavy atom. The van der Waals surface area contributed by atoms with Gasteiger partial charge < -0.3 is 35.6 Å². The third kappa shape index (κ3) is 3.96. The first kappa shape index (κ1) is 19.8. The number of aliphatic hydroxyl groups is 2. The molecule has 4 heterocycles. The average Bonchev–Trinajstić information content (AvgIpc) is 3.43. The van der Waals surface area contributed by atoms with Crippen LogP contribution in [-0.4, -0.2) is 86.4 Å². The number of carbonyl (C=O) groups is 1. The molecule has 0 aromatic carbocycles. The molecular weight excluding hydrogens is 382 g/mol. The number of rotatable bonds is 6. The fourth-order valence-corrected chi connectivity index (χ4v) is 3.53. The van der Waals surface area contributed by atoms with E-state index in [-0.39, 0.29) is 18.6 Å². The van der Waals surface area contributed by atoms with Crippen LogP contribution in [0.4, 0.5) is 10.6 Å². The molecule has 2 amide bonds. The molecule has 0 spiro atoms. The monoisotopic (exact) mass is 407 g/mol. The quantitative estimate of drug-likeness (QED) is 0.404. The lowest BCUT2D eigenvalue weighted by Crippen LogP contribution is -2.43. The summed E-state index contributed by atoms with van der Waals surface area (Å²) >= 11 is 0. The van der Waals surface area contributed by atoms with Crippen molar-refractivity contribution < 1.29 is 24.5 Å². The Morgan fingerprint density at radius 1 is 1.28 bits per heavy atom. The van der Waals surface area contributed by atoms with Crippen molar-refractivity contribution in [3.8, 4) is 0 Å². The highest BCUT2D eigenvalue weighted by Gasteiger charge is 2.44. The summed E-state index contributed by atoms with van der Waals surface area (Å²) in [5.41, 5.74) is 1.00. The van der Waals surface area contributed by atoms with E-state index in [1.165, 1.54) is 12.7 Å². The normalized spacial score (nSPS) is 29.3. The van der Waals surface area contributed by atoms with Gasteiger partial charge in [0.1, 0.15) is 24.6 Å². The highest BCUT2D eigenvalue weighted by molar-refractivity contribution is 5.82. The number of ether oxygens (including phenoxy) is 2. The predicted molar refractivity (Wildman–Crippen MR) is 101 cm³/mol. The van der Waals surface area contributed by atoms with Crippen molar-refractivity contribution in [1.82, 2.24) is 30.2 Å². The summed E-state index contributed by atoms with van der Waals surface area (Å²) in [7, 11) is 0. The number of aliphatic hydroxyl groups excluding tert-OH is 2. The van der Waals surface area contributed by atoms with Gasteiger partial charge in [-0.25, -0.2) is 19.7 Å². The first-order valence-corrected chi connectivity index (χ1v) is 9.63. The Hall–Kier alpha value is -2.54. The maximum Gasteiger partial charge on any atom is 0.314 e. The summed E-state index contributed by atoms with van der Waals surface area (Å²) < 4.78 is 12.8. The standard InChI is InChI=1S/C17H25N7O5/c1-2-18-17(27)19-5-10-12(25)13(26)16(29-10)24-8-22-11-14(20-7-21-15(11)24)23-9-3-4-28-6-9/h7-10,12-13,16,25-26H,2-6H2,1H3,(H2,18,19,27)(H,20,21,23)/t9-,10-,12+,13-,16-/m1/s1. The second-order valence-corrected chi connectivity index (χ2v) is 7.04. The van der Waals surface area contributed by atoms with Gasteiger partial charge in [-0.3, -0.25) is 4.57 Å². The summed E-state index contributed by atoms with van der Waals surface area (Å²) in [5.74, 6) is 0.576. The number of nitrogens with zero attached hydrogens (tertiary/aromatic N) is 4. The van der Waals surface area contributed by atoms with Crippen LogP contribution in [0.15, 0.2) is 12.7 Å². The molecule has 2 aliphatic rings. The highest BCUT2D eigenvalue weighted by atomic mass is 16.6. The highest BCUT2D eigenvalue weighted by Crippen LogP contribution is 2.32. The third-order valence-electron chi connectivity index (χ3n) is 5.04. The zero-order valence-electron chi connectivity index (χ0n) is 16.0. The van der Waals surface area contributed by atoms with Gasteiger partial charge in [0, 0.05) is 19.7 Å². The molecule has 12 heteroatoms. The van der Waals surface area contributed by atoms with Crippen molar-refractivity contribution in [3.05, 3.63) is 12.7 Å². The Morgan fingerprint density at radius 2 is 2.14 bits per heavy atom. The summed E-state index contributed by atoms with van der Waals surface area (Å²) in [6, 6.07) is -0.216. The van der Waals surface area contributed by atoms with E-state index in [9.17, 15) is 15.0 Å². The topological polar surface area (TPSA) is 156 Å². The van der Waals surface area contributed by atoms with E-state index in [0.717, 1.165) is 6.42 Å². The van der Waals surface area contributed by atoms with Crippen LogP contribution in [-0.2, 0) is 9.47 Å². The smallest absolute Gasteiger partial charge is 0.314 e. The minimum absolute atomic E-state index is 0.0522. The van der Waals surface area contributed by atoms with Gasteiger partial charge >= 0.3 is 6.03 Å². The number of hydrogen-bond acceptors (Lipinski definition) is 9. The molecule has 2 fully saturated rings. The molecule has 29 heavy (non-hydrogen) atoms. The Kier molecular flexibility index (Phi) is 5.76. The Bertz CT molecular complexity index is 856. The predicted octanol–water partition coefficient (Wildman–Crippen LogP) is -1.03. The molecule has 5 N–H and O–H groups in total. The molecule has 2 saturated heterocycles. The number of carbonyl (C=O) groups excluding carboxylic acids is 1. The molecule has 2 aliphatic heterocycles. The van der Waals surface area contributed by atoms with Crippen LogP contribution in [0.25, 0.3) is 11.2 Å². The van der Waals surface area contributed by atoms with Crippen molar-refractivity contribution in [3.63, 3.8) is 0 Å². The van der Waals surface area contributed by atoms with Crippen molar-refractivity contribution >= 4 is 23.0 Å². The zero-order chi connectivity index (χ0) is 20.4. The zero-order valence-corrected chi connectivity index (χ0v) is 16.0. The van der Waals surface area contributed by atoms with Crippen LogP contribution in [0, 0.1) is 0 Å². The molecule has 0 unspecified atom stereocenters. The fourth-order valence-electron chi connectivity index (χ4n) is 3.53. The van der Waals surface area contributed by atoms with E-state index in [4.69, 9.17) is 9.47 Å². The van der Waals surface area contributed by atoms with Gasteiger partial charge in [0.15, 0.2) is 23.2 Å². The lowest BCUT2D eigenvalue weighted by molar-refractivity contribution is -0.0335. The molecule has 2 aromatic heterocycles. The number of aromatic nitrogens is 4. The number of amides is 2. The second kappa shape index (κ2) is 8.45. The average molecular weight is 407 g/mol. The lowest BCUT2D eigenvalue weighted by atomic mass is 10.1. The molecule has 4 rings (SSSR count). The maximum absolute atomic E-state index is 11.6. The van der Waals surface area contributed by atoms with Gasteiger partial charge in [-0.05, 0) is 13.3 Å². The minimum atomic E-state index is -1.21. The molecular formula is C17H25N7O5. The fraction of sp³-hybridized carbons (Fsp3) is 0.647. The van der Waals surface area contributed by atoms with E-state index < -0.39 is 24.5 Å². The molecule has 0 aliphatic carbocycles. The van der Waals surface area contributed by atoms with Crippen LogP contribution in [0.2, 0.25) is 0 Å². The van der Waals surface area contributed by atoms with E-state index in [0.29, 0.717) is 36.7 Å². The number of hydrogen-bond donors (Lipinski definition) is 5. The summed E-state index contributed by atoms with van der Waals surface area (Å²) in [6.07, 6.45) is -0.264. The van der Waals surface area contributed by atoms with E-state index in [1.807, 2.05) is 0 Å². The largest absolute Gasteiger partial charge is 0.387 e. The summed E-state index contributed by atoms with van der Waals surface area (Å²) in [4.78, 5) is 24.5. The van der Waals surface area contributed by atoms with Crippen molar-refractivity contribution in [1.29, 1.82) is 0 Å². The van der Waals surface area contributed by atoms with Crippen molar-refractivity contribution in [2.45, 2.75) is 43.9 Å². The Balaban J connectivity index is 1.51. The van der Waals surface area contributed by atoms with Crippen LogP contribution in [0.3, 0.4) is 0 Å². The van der Waals surface area contributed by atoms with Gasteiger partial charge in [-0.15, -0.1) is 0 Å². The molecule has 158 valence electrons. The van der Waals surface area contributed by atoms with E-state index in [1.54, 1.807) is 11.5 Å². The van der Waals surface area contributed by atoms with Crippen LogP contribution < -0.4 is 16.0 Å². The van der Waals surface area contributed by atoms with Gasteiger partial charge in [-0.1, -0.05) is 0 Å². The number of imidazole rings is 1. The number of fused-ring (bicyclic) bond motifs is 1. The molecule has 5 atom stereocenters. The SMILES string of the molecule is CCNC(=O)NC[C@H]1O[C@@H](n2cnc3c(N[C@@H]4CCOC4)ncnc32)[C@H](O)[C@H]1O. The van der Waals surface area contributed by atoms with Gasteiger partial charge in [0.05, 0.1) is 19.0 Å². The number of urea groups is 1. The number of anilines is 1. The second-order valence-electron chi connectivity index (χ2n) is 7.04. The van der Waals surface area contributed by atoms with Crippen LogP contribution in [0.5, 0.6) is 0 Å². The maximum atomic E-state index is 11.6. The van der Waals surface area contributed by atoms with Gasteiger partial charge in [-0.2, -0.15) is 0 Å². The van der Waals surface area contributed by atoms with Gasteiger partial charge in [0.25, 0.3) is 0 Å². The molecule has 0 bridgehead atoms. The van der Waals surface area contributed by atoms with E-state index >= 15 is 0 Å². The van der Waals surface area contributed by atoms with Crippen molar-refractivity contribution in [2.24, 2.45) is 0 Å². The number of nitrogens with one attached hydrogen (secondary N) is 3. The lowest BCUT2D eigenvalue weighted by Gasteiger charge is -2.17. The van der Waals surface area contributed by atoms with Crippen molar-refractivity contribution in [2.75, 3.05) is 31.6 Å². The first-order chi connectivity index (χ1) is 14.1. The third-order valence-corrected chi connectivity index (χ3v) is 5.04. The molecule has 2 aromatic rings. The minimum Gasteiger partial charge on any atom is -0.387 e. The molecule has 12 nitrogen and oxygen atoms in total. The first-order valence-electron chi connectivity index (χ1n) is 9.63. The van der Waals surface area contributed by atoms with Crippen LogP contribution >= 0.6 is 0 Å². The summed E-state index contributed by atoms with van der Waals surface area (Å²) in [5, 5.41) is 29.4. The Labute approximate surface area is 166 Å². The van der Waals surface area contributed by atoms with Crippen LogP contribution in [0.1, 0.15) is 19.6 Å². The van der Waals surface area contributed by atoms with Gasteiger partial charge in [0.2, 0.25) is 0 Å².